The number of fused-ring (bicyclic) bond motifs is 1. The van der Waals surface area contributed by atoms with Crippen LogP contribution in [0.3, 0.4) is 0 Å². The summed E-state index contributed by atoms with van der Waals surface area (Å²) in [5, 5.41) is 2.83. The molecule has 1 N–H and O–H groups in total. The number of thiocarbonyl (C=S) groups is 1. The molecule has 2 heterocycles. The Balaban J connectivity index is 1.54. The standard InChI is InChI=1S/C14H16N2O4S/c17-13(14(21)16-3-5-18-6-4-16)15-8-10-1-2-11-12(7-10)20-9-19-11/h1-2,7H,3-6,8-9H2,(H,15,17). The average molecular weight is 308 g/mol. The predicted octanol–water partition coefficient (Wildman–Crippen LogP) is 0.691. The number of amides is 1. The summed E-state index contributed by atoms with van der Waals surface area (Å²) >= 11 is 5.21. The van der Waals surface area contributed by atoms with Crippen molar-refractivity contribution in [2.24, 2.45) is 0 Å². The van der Waals surface area contributed by atoms with E-state index in [0.717, 1.165) is 11.3 Å². The molecule has 112 valence electrons. The fourth-order valence-corrected chi connectivity index (χ4v) is 2.47. The van der Waals surface area contributed by atoms with Gasteiger partial charge in [-0.3, -0.25) is 4.79 Å². The third-order valence-electron chi connectivity index (χ3n) is 3.38. The Kier molecular flexibility index (Phi) is 4.21. The Morgan fingerprint density at radius 3 is 2.81 bits per heavy atom. The molecule has 7 heteroatoms. The van der Waals surface area contributed by atoms with Gasteiger partial charge in [0.05, 0.1) is 13.2 Å². The first kappa shape index (κ1) is 14.1. The van der Waals surface area contributed by atoms with Gasteiger partial charge < -0.3 is 24.4 Å². The zero-order valence-electron chi connectivity index (χ0n) is 11.5. The van der Waals surface area contributed by atoms with Gasteiger partial charge in [-0.05, 0) is 17.7 Å². The zero-order valence-corrected chi connectivity index (χ0v) is 12.3. The summed E-state index contributed by atoms with van der Waals surface area (Å²) in [6.45, 7) is 3.18. The van der Waals surface area contributed by atoms with E-state index in [2.05, 4.69) is 5.32 Å². The van der Waals surface area contributed by atoms with Crippen LogP contribution >= 0.6 is 12.2 Å². The van der Waals surface area contributed by atoms with Crippen molar-refractivity contribution in [3.05, 3.63) is 23.8 Å². The van der Waals surface area contributed by atoms with Gasteiger partial charge in [0, 0.05) is 19.6 Å². The maximum Gasteiger partial charge on any atom is 0.279 e. The van der Waals surface area contributed by atoms with E-state index in [1.54, 1.807) is 0 Å². The molecule has 3 rings (SSSR count). The van der Waals surface area contributed by atoms with E-state index >= 15 is 0 Å². The van der Waals surface area contributed by atoms with Gasteiger partial charge in [-0.1, -0.05) is 18.3 Å². The summed E-state index contributed by atoms with van der Waals surface area (Å²) in [5.74, 6) is 1.20. The highest BCUT2D eigenvalue weighted by atomic mass is 32.1. The van der Waals surface area contributed by atoms with Gasteiger partial charge >= 0.3 is 0 Å². The summed E-state index contributed by atoms with van der Waals surface area (Å²) < 4.78 is 15.8. The Bertz CT molecular complexity index is 558. The normalized spacial score (nSPS) is 16.7. The average Bonchev–Trinajstić information content (AvgIpc) is 3.00. The molecule has 21 heavy (non-hydrogen) atoms. The van der Waals surface area contributed by atoms with Crippen LogP contribution in [0.15, 0.2) is 18.2 Å². The van der Waals surface area contributed by atoms with Crippen LogP contribution < -0.4 is 14.8 Å². The summed E-state index contributed by atoms with van der Waals surface area (Å²) in [4.78, 5) is 14.2. The summed E-state index contributed by atoms with van der Waals surface area (Å²) in [6, 6.07) is 5.59. The third-order valence-corrected chi connectivity index (χ3v) is 3.83. The van der Waals surface area contributed by atoms with Gasteiger partial charge in [0.1, 0.15) is 0 Å². The van der Waals surface area contributed by atoms with E-state index < -0.39 is 0 Å². The van der Waals surface area contributed by atoms with Crippen molar-refractivity contribution in [1.29, 1.82) is 0 Å². The van der Waals surface area contributed by atoms with Gasteiger partial charge in [-0.25, -0.2) is 0 Å². The molecule has 2 aliphatic rings. The van der Waals surface area contributed by atoms with Gasteiger partial charge in [0.25, 0.3) is 5.91 Å². The molecule has 0 bridgehead atoms. The summed E-state index contributed by atoms with van der Waals surface area (Å²) in [5.41, 5.74) is 0.942. The van der Waals surface area contributed by atoms with Gasteiger partial charge in [0.15, 0.2) is 16.5 Å². The first-order chi connectivity index (χ1) is 10.2. The molecule has 0 unspecified atom stereocenters. The first-order valence-corrected chi connectivity index (χ1v) is 7.18. The monoisotopic (exact) mass is 308 g/mol. The molecule has 0 saturated carbocycles. The molecule has 1 fully saturated rings. The highest BCUT2D eigenvalue weighted by molar-refractivity contribution is 7.82. The van der Waals surface area contributed by atoms with Crippen LogP contribution in [0.2, 0.25) is 0 Å². The van der Waals surface area contributed by atoms with E-state index in [4.69, 9.17) is 26.4 Å². The van der Waals surface area contributed by atoms with Gasteiger partial charge in [-0.2, -0.15) is 0 Å². The van der Waals surface area contributed by atoms with Crippen LogP contribution in [0, 0.1) is 0 Å². The summed E-state index contributed by atoms with van der Waals surface area (Å²) in [6.07, 6.45) is 0. The lowest BCUT2D eigenvalue weighted by Gasteiger charge is -2.28. The highest BCUT2D eigenvalue weighted by Crippen LogP contribution is 2.32. The Morgan fingerprint density at radius 1 is 1.24 bits per heavy atom. The molecule has 6 nitrogen and oxygen atoms in total. The van der Waals surface area contributed by atoms with Crippen molar-refractivity contribution >= 4 is 23.1 Å². The second-order valence-electron chi connectivity index (χ2n) is 4.77. The maximum absolute atomic E-state index is 12.1. The van der Waals surface area contributed by atoms with Crippen molar-refractivity contribution < 1.29 is 19.0 Å². The maximum atomic E-state index is 12.1. The molecule has 1 amide bonds. The molecule has 0 spiro atoms. The lowest BCUT2D eigenvalue weighted by atomic mass is 10.2. The minimum atomic E-state index is -0.232. The van der Waals surface area contributed by atoms with Crippen LogP contribution in [-0.4, -0.2) is 48.9 Å². The topological polar surface area (TPSA) is 60.0 Å². The SMILES string of the molecule is O=C(NCc1ccc2c(c1)OCO2)C(=S)N1CCOCC1. The van der Waals surface area contributed by atoms with Crippen molar-refractivity contribution in [1.82, 2.24) is 10.2 Å². The molecule has 0 aliphatic carbocycles. The number of benzene rings is 1. The third kappa shape index (κ3) is 3.25. The minimum absolute atomic E-state index is 0.232. The Morgan fingerprint density at radius 2 is 2.00 bits per heavy atom. The van der Waals surface area contributed by atoms with Crippen LogP contribution in [0.1, 0.15) is 5.56 Å². The van der Waals surface area contributed by atoms with Crippen LogP contribution in [0.4, 0.5) is 0 Å². The molecule has 0 aromatic heterocycles. The Hall–Kier alpha value is -1.86. The van der Waals surface area contributed by atoms with Gasteiger partial charge in [-0.15, -0.1) is 0 Å². The van der Waals surface area contributed by atoms with Crippen molar-refractivity contribution in [2.75, 3.05) is 33.1 Å². The quantitative estimate of drug-likeness (QED) is 0.811. The first-order valence-electron chi connectivity index (χ1n) is 6.77. The smallest absolute Gasteiger partial charge is 0.279 e. The number of hydrogen-bond acceptors (Lipinski definition) is 5. The second-order valence-corrected chi connectivity index (χ2v) is 5.16. The van der Waals surface area contributed by atoms with Crippen LogP contribution in [-0.2, 0) is 16.1 Å². The van der Waals surface area contributed by atoms with Crippen molar-refractivity contribution in [2.45, 2.75) is 6.54 Å². The second kappa shape index (κ2) is 6.28. The molecule has 1 aromatic carbocycles. The Labute approximate surface area is 128 Å². The number of rotatable bonds is 2. The van der Waals surface area contributed by atoms with E-state index in [0.29, 0.717) is 43.6 Å². The molecule has 0 radical (unpaired) electrons. The number of nitrogens with zero attached hydrogens (tertiary/aromatic N) is 1. The number of hydrogen-bond donors (Lipinski definition) is 1. The fraction of sp³-hybridized carbons (Fsp3) is 0.429. The number of morpholine rings is 1. The van der Waals surface area contributed by atoms with E-state index in [-0.39, 0.29) is 12.7 Å². The van der Waals surface area contributed by atoms with Crippen molar-refractivity contribution in [3.63, 3.8) is 0 Å². The zero-order chi connectivity index (χ0) is 14.7. The molecule has 0 atom stereocenters. The summed E-state index contributed by atoms with van der Waals surface area (Å²) in [7, 11) is 0. The lowest BCUT2D eigenvalue weighted by Crippen LogP contribution is -2.46. The van der Waals surface area contributed by atoms with Crippen molar-refractivity contribution in [3.8, 4) is 11.5 Å². The number of carbonyl (C=O) groups is 1. The van der Waals surface area contributed by atoms with E-state index in [1.165, 1.54) is 0 Å². The molecular weight excluding hydrogens is 292 g/mol. The number of ether oxygens (including phenoxy) is 3. The van der Waals surface area contributed by atoms with Crippen LogP contribution in [0.25, 0.3) is 0 Å². The largest absolute Gasteiger partial charge is 0.454 e. The number of carbonyl (C=O) groups excluding carboxylic acids is 1. The predicted molar refractivity (Wildman–Crippen MR) is 79.4 cm³/mol. The molecule has 2 aliphatic heterocycles. The highest BCUT2D eigenvalue weighted by Gasteiger charge is 2.20. The molecule has 1 saturated heterocycles. The van der Waals surface area contributed by atoms with Gasteiger partial charge in [0.2, 0.25) is 6.79 Å². The lowest BCUT2D eigenvalue weighted by molar-refractivity contribution is -0.115. The molecular formula is C14H16N2O4S. The van der Waals surface area contributed by atoms with Crippen LogP contribution in [0.5, 0.6) is 11.5 Å². The minimum Gasteiger partial charge on any atom is -0.454 e. The van der Waals surface area contributed by atoms with E-state index in [1.807, 2.05) is 23.1 Å². The fourth-order valence-electron chi connectivity index (χ4n) is 2.22. The molecule has 1 aromatic rings. The van der Waals surface area contributed by atoms with E-state index in [9.17, 15) is 4.79 Å². The number of nitrogens with one attached hydrogen (secondary N) is 1.